The first-order valence-corrected chi connectivity index (χ1v) is 10.1. The number of carbonyl (C=O) groups is 3. The number of hydrogen-bond acceptors (Lipinski definition) is 4. The molecule has 2 aromatic rings. The van der Waals surface area contributed by atoms with E-state index in [1.807, 2.05) is 43.3 Å². The van der Waals surface area contributed by atoms with Crippen molar-refractivity contribution >= 4 is 29.0 Å². The van der Waals surface area contributed by atoms with Gasteiger partial charge in [-0.05, 0) is 48.7 Å². The maximum Gasteiger partial charge on any atom is 0.335 e. The van der Waals surface area contributed by atoms with Crippen LogP contribution in [-0.2, 0) is 9.59 Å². The Balaban J connectivity index is 1.81. The first kappa shape index (κ1) is 19.9. The van der Waals surface area contributed by atoms with E-state index in [-0.39, 0.29) is 29.6 Å². The first-order valence-electron chi connectivity index (χ1n) is 10.1. The van der Waals surface area contributed by atoms with Crippen molar-refractivity contribution in [1.82, 2.24) is 0 Å². The highest BCUT2D eigenvalue weighted by atomic mass is 16.4. The Hall–Kier alpha value is -3.41. The van der Waals surface area contributed by atoms with Crippen molar-refractivity contribution in [2.24, 2.45) is 0 Å². The Bertz CT molecular complexity index is 1050. The quantitative estimate of drug-likeness (QED) is 0.834. The summed E-state index contributed by atoms with van der Waals surface area (Å²) in [6.45, 7) is 0. The van der Waals surface area contributed by atoms with E-state index >= 15 is 0 Å². The van der Waals surface area contributed by atoms with E-state index in [0.717, 1.165) is 11.3 Å². The molecule has 1 amide bonds. The number of rotatable bonds is 4. The molecule has 1 atom stereocenters. The molecule has 0 aromatic heterocycles. The number of nitrogens with zero attached hydrogens (tertiary/aromatic N) is 2. The molecule has 1 heterocycles. The summed E-state index contributed by atoms with van der Waals surface area (Å²) in [5, 5.41) is 9.33. The molecule has 0 radical (unpaired) electrons. The fourth-order valence-electron chi connectivity index (χ4n) is 4.36. The highest BCUT2D eigenvalue weighted by molar-refractivity contribution is 6.07. The number of benzene rings is 2. The van der Waals surface area contributed by atoms with E-state index in [2.05, 4.69) is 0 Å². The molecule has 0 spiro atoms. The molecule has 6 heteroatoms. The van der Waals surface area contributed by atoms with E-state index in [4.69, 9.17) is 0 Å². The SMILES string of the molecule is CN(C)c1ccc(C2CC(=O)N(c3cccc(C(=O)O)c3)C3=C2C(=O)CCC3)cc1. The molecular formula is C24H24N2O4. The standard InChI is InChI=1S/C24H24N2O4/c1-25(2)17-11-9-15(10-12-17)19-14-22(28)26(20-7-4-8-21(27)23(19)20)18-6-3-5-16(13-18)24(29)30/h3,5-6,9-13,19H,4,7-8,14H2,1-2H3,(H,29,30). The lowest BCUT2D eigenvalue weighted by Gasteiger charge is -2.38. The van der Waals surface area contributed by atoms with Gasteiger partial charge in [0.05, 0.1) is 5.56 Å². The van der Waals surface area contributed by atoms with E-state index in [1.54, 1.807) is 17.0 Å². The van der Waals surface area contributed by atoms with Gasteiger partial charge >= 0.3 is 5.97 Å². The Morgan fingerprint density at radius 3 is 2.47 bits per heavy atom. The summed E-state index contributed by atoms with van der Waals surface area (Å²) >= 11 is 0. The summed E-state index contributed by atoms with van der Waals surface area (Å²) in [6.07, 6.45) is 1.97. The lowest BCUT2D eigenvalue weighted by Crippen LogP contribution is -2.40. The number of aromatic carboxylic acids is 1. The number of hydrogen-bond donors (Lipinski definition) is 1. The molecule has 154 valence electrons. The van der Waals surface area contributed by atoms with E-state index in [0.29, 0.717) is 36.2 Å². The number of carboxylic acids is 1. The zero-order valence-electron chi connectivity index (χ0n) is 17.1. The van der Waals surface area contributed by atoms with Gasteiger partial charge < -0.3 is 10.0 Å². The predicted octanol–water partition coefficient (Wildman–Crippen LogP) is 3.98. The maximum atomic E-state index is 13.2. The summed E-state index contributed by atoms with van der Waals surface area (Å²) < 4.78 is 0. The van der Waals surface area contributed by atoms with Crippen LogP contribution in [-0.4, -0.2) is 36.9 Å². The molecule has 0 fully saturated rings. The zero-order chi connectivity index (χ0) is 21.4. The molecule has 1 aliphatic heterocycles. The van der Waals surface area contributed by atoms with Crippen LogP contribution in [0, 0.1) is 0 Å². The molecule has 6 nitrogen and oxygen atoms in total. The van der Waals surface area contributed by atoms with Gasteiger partial charge in [0.15, 0.2) is 5.78 Å². The van der Waals surface area contributed by atoms with Crippen LogP contribution in [0.2, 0.25) is 0 Å². The Labute approximate surface area is 175 Å². The third kappa shape index (κ3) is 3.49. The average Bonchev–Trinajstić information content (AvgIpc) is 2.73. The van der Waals surface area contributed by atoms with Gasteiger partial charge in [-0.2, -0.15) is 0 Å². The van der Waals surface area contributed by atoms with Gasteiger partial charge in [0.1, 0.15) is 0 Å². The minimum Gasteiger partial charge on any atom is -0.478 e. The molecule has 0 bridgehead atoms. The summed E-state index contributed by atoms with van der Waals surface area (Å²) in [5.41, 5.74) is 4.04. The second kappa shape index (κ2) is 7.78. The van der Waals surface area contributed by atoms with Crippen molar-refractivity contribution in [3.05, 3.63) is 70.9 Å². The summed E-state index contributed by atoms with van der Waals surface area (Å²) in [6, 6.07) is 14.3. The van der Waals surface area contributed by atoms with Gasteiger partial charge in [-0.15, -0.1) is 0 Å². The van der Waals surface area contributed by atoms with Crippen LogP contribution in [0.15, 0.2) is 59.8 Å². The van der Waals surface area contributed by atoms with Crippen LogP contribution >= 0.6 is 0 Å². The van der Waals surface area contributed by atoms with Crippen LogP contribution in [0.3, 0.4) is 0 Å². The van der Waals surface area contributed by atoms with Gasteiger partial charge in [0.2, 0.25) is 5.91 Å². The Kier molecular flexibility index (Phi) is 5.16. The monoisotopic (exact) mass is 404 g/mol. The molecule has 4 rings (SSSR count). The summed E-state index contributed by atoms with van der Waals surface area (Å²) in [4.78, 5) is 41.1. The van der Waals surface area contributed by atoms with Crippen LogP contribution in [0.4, 0.5) is 11.4 Å². The molecule has 0 saturated carbocycles. The number of carboxylic acid groups (broad SMARTS) is 1. The molecule has 2 aliphatic rings. The van der Waals surface area contributed by atoms with E-state index in [1.165, 1.54) is 12.1 Å². The Morgan fingerprint density at radius 2 is 1.80 bits per heavy atom. The van der Waals surface area contributed by atoms with Gasteiger partial charge in [-0.25, -0.2) is 4.79 Å². The molecule has 1 aliphatic carbocycles. The topological polar surface area (TPSA) is 77.9 Å². The predicted molar refractivity (Wildman–Crippen MR) is 115 cm³/mol. The number of amides is 1. The van der Waals surface area contributed by atoms with Crippen LogP contribution in [0.5, 0.6) is 0 Å². The first-order chi connectivity index (χ1) is 14.4. The molecular weight excluding hydrogens is 380 g/mol. The number of carbonyl (C=O) groups excluding carboxylic acids is 2. The summed E-state index contributed by atoms with van der Waals surface area (Å²) in [5.74, 6) is -1.36. The normalized spacial score (nSPS) is 19.0. The van der Waals surface area contributed by atoms with Gasteiger partial charge in [-0.1, -0.05) is 18.2 Å². The molecule has 2 aromatic carbocycles. The third-order valence-corrected chi connectivity index (χ3v) is 5.84. The van der Waals surface area contributed by atoms with Crippen LogP contribution in [0.25, 0.3) is 0 Å². The zero-order valence-corrected chi connectivity index (χ0v) is 17.1. The van der Waals surface area contributed by atoms with Crippen molar-refractivity contribution in [1.29, 1.82) is 0 Å². The Morgan fingerprint density at radius 1 is 1.07 bits per heavy atom. The van der Waals surface area contributed by atoms with Gasteiger partial charge in [0.25, 0.3) is 0 Å². The van der Waals surface area contributed by atoms with Gasteiger partial charge in [0, 0.05) is 55.5 Å². The number of anilines is 2. The lowest BCUT2D eigenvalue weighted by molar-refractivity contribution is -0.119. The van der Waals surface area contributed by atoms with E-state index < -0.39 is 5.97 Å². The maximum absolute atomic E-state index is 13.2. The molecule has 0 saturated heterocycles. The van der Waals surface area contributed by atoms with Crippen molar-refractivity contribution in [2.75, 3.05) is 23.9 Å². The number of allylic oxidation sites excluding steroid dienone is 2. The highest BCUT2D eigenvalue weighted by Gasteiger charge is 2.39. The van der Waals surface area contributed by atoms with Crippen LogP contribution in [0.1, 0.15) is 47.5 Å². The van der Waals surface area contributed by atoms with Crippen LogP contribution < -0.4 is 9.80 Å². The van der Waals surface area contributed by atoms with Gasteiger partial charge in [-0.3, -0.25) is 14.5 Å². The van der Waals surface area contributed by atoms with Crippen molar-refractivity contribution in [3.63, 3.8) is 0 Å². The van der Waals surface area contributed by atoms with Crippen molar-refractivity contribution in [2.45, 2.75) is 31.6 Å². The lowest BCUT2D eigenvalue weighted by atomic mass is 9.77. The smallest absolute Gasteiger partial charge is 0.335 e. The second-order valence-corrected chi connectivity index (χ2v) is 7.96. The molecule has 1 unspecified atom stereocenters. The van der Waals surface area contributed by atoms with E-state index in [9.17, 15) is 19.5 Å². The minimum atomic E-state index is -1.05. The van der Waals surface area contributed by atoms with Crippen molar-refractivity contribution < 1.29 is 19.5 Å². The minimum absolute atomic E-state index is 0.0739. The fourth-order valence-corrected chi connectivity index (χ4v) is 4.36. The molecule has 1 N–H and O–H groups in total. The molecule has 30 heavy (non-hydrogen) atoms. The van der Waals surface area contributed by atoms with Crippen molar-refractivity contribution in [3.8, 4) is 0 Å². The second-order valence-electron chi connectivity index (χ2n) is 7.96. The number of ketones is 1. The third-order valence-electron chi connectivity index (χ3n) is 5.84. The summed E-state index contributed by atoms with van der Waals surface area (Å²) in [7, 11) is 3.93. The largest absolute Gasteiger partial charge is 0.478 e. The number of Topliss-reactive ketones (excluding diaryl/α,β-unsaturated/α-hetero) is 1. The highest BCUT2D eigenvalue weighted by Crippen LogP contribution is 2.43. The fraction of sp³-hybridized carbons (Fsp3) is 0.292. The average molecular weight is 404 g/mol.